The summed E-state index contributed by atoms with van der Waals surface area (Å²) in [6.07, 6.45) is 1.03. The summed E-state index contributed by atoms with van der Waals surface area (Å²) in [6, 6.07) is 16.2. The third kappa shape index (κ3) is 4.77. The minimum atomic E-state index is 0.0432. The van der Waals surface area contributed by atoms with Crippen LogP contribution in [0.15, 0.2) is 48.5 Å². The van der Waals surface area contributed by atoms with Crippen LogP contribution in [0.1, 0.15) is 23.4 Å². The van der Waals surface area contributed by atoms with E-state index in [9.17, 15) is 4.79 Å². The van der Waals surface area contributed by atoms with Crippen LogP contribution in [0.4, 0.5) is 0 Å². The smallest absolute Gasteiger partial charge is 0.220 e. The molecule has 0 saturated carbocycles. The van der Waals surface area contributed by atoms with Crippen LogP contribution >= 0.6 is 0 Å². The number of ether oxygens (including phenoxy) is 1. The molecule has 28 heavy (non-hydrogen) atoms. The number of para-hydroxylation sites is 2. The van der Waals surface area contributed by atoms with E-state index in [0.29, 0.717) is 19.4 Å². The Morgan fingerprint density at radius 3 is 2.64 bits per heavy atom. The van der Waals surface area contributed by atoms with Crippen molar-refractivity contribution in [2.24, 2.45) is 0 Å². The molecule has 1 fully saturated rings. The second kappa shape index (κ2) is 8.99. The number of H-pyrrole nitrogens is 1. The van der Waals surface area contributed by atoms with E-state index in [2.05, 4.69) is 38.4 Å². The molecule has 0 aliphatic carbocycles. The maximum absolute atomic E-state index is 12.3. The summed E-state index contributed by atoms with van der Waals surface area (Å²) in [5.41, 5.74) is 4.39. The summed E-state index contributed by atoms with van der Waals surface area (Å²) in [7, 11) is 0. The fraction of sp³-hybridized carbons (Fsp3) is 0.364. The zero-order chi connectivity index (χ0) is 19.2. The van der Waals surface area contributed by atoms with Crippen molar-refractivity contribution < 1.29 is 9.53 Å². The first-order valence-electron chi connectivity index (χ1n) is 9.85. The fourth-order valence-corrected chi connectivity index (χ4v) is 3.52. The third-order valence-corrected chi connectivity index (χ3v) is 5.12. The van der Waals surface area contributed by atoms with Gasteiger partial charge in [-0.2, -0.15) is 0 Å². The van der Waals surface area contributed by atoms with Crippen molar-refractivity contribution in [1.82, 2.24) is 20.2 Å². The SMILES string of the molecule is O=C(CCc1nc2ccccc2[nH]1)NCc1ccccc1CN1CCOCC1. The molecule has 1 aliphatic heterocycles. The molecule has 1 aromatic heterocycles. The van der Waals surface area contributed by atoms with Crippen molar-refractivity contribution in [2.45, 2.75) is 25.9 Å². The van der Waals surface area contributed by atoms with Gasteiger partial charge in [0.05, 0.1) is 24.2 Å². The molecule has 6 nitrogen and oxygen atoms in total. The van der Waals surface area contributed by atoms with Crippen LogP contribution < -0.4 is 5.32 Å². The highest BCUT2D eigenvalue weighted by atomic mass is 16.5. The number of morpholine rings is 1. The van der Waals surface area contributed by atoms with Crippen LogP contribution in [-0.2, 0) is 29.0 Å². The van der Waals surface area contributed by atoms with Gasteiger partial charge >= 0.3 is 0 Å². The second-order valence-corrected chi connectivity index (χ2v) is 7.13. The second-order valence-electron chi connectivity index (χ2n) is 7.13. The van der Waals surface area contributed by atoms with Crippen molar-refractivity contribution in [3.05, 3.63) is 65.5 Å². The average Bonchev–Trinajstić information content (AvgIpc) is 3.15. The number of hydrogen-bond donors (Lipinski definition) is 2. The van der Waals surface area contributed by atoms with Crippen molar-refractivity contribution in [3.8, 4) is 0 Å². The molecule has 0 spiro atoms. The molecule has 0 atom stereocenters. The van der Waals surface area contributed by atoms with Crippen molar-refractivity contribution >= 4 is 16.9 Å². The first-order valence-corrected chi connectivity index (χ1v) is 9.85. The Morgan fingerprint density at radius 2 is 1.82 bits per heavy atom. The van der Waals surface area contributed by atoms with Gasteiger partial charge in [0.25, 0.3) is 0 Å². The number of benzene rings is 2. The van der Waals surface area contributed by atoms with E-state index in [4.69, 9.17) is 4.74 Å². The number of hydrogen-bond acceptors (Lipinski definition) is 4. The van der Waals surface area contributed by atoms with Crippen LogP contribution in [0.3, 0.4) is 0 Å². The Morgan fingerprint density at radius 1 is 1.07 bits per heavy atom. The van der Waals surface area contributed by atoms with Gasteiger partial charge in [-0.1, -0.05) is 36.4 Å². The number of fused-ring (bicyclic) bond motifs is 1. The van der Waals surface area contributed by atoms with E-state index in [1.54, 1.807) is 0 Å². The predicted molar refractivity (Wildman–Crippen MR) is 109 cm³/mol. The Balaban J connectivity index is 1.29. The lowest BCUT2D eigenvalue weighted by Gasteiger charge is -2.27. The minimum Gasteiger partial charge on any atom is -0.379 e. The van der Waals surface area contributed by atoms with E-state index >= 15 is 0 Å². The molecule has 2 aromatic carbocycles. The van der Waals surface area contributed by atoms with Gasteiger partial charge in [-0.3, -0.25) is 9.69 Å². The first kappa shape index (κ1) is 18.7. The highest BCUT2D eigenvalue weighted by molar-refractivity contribution is 5.77. The van der Waals surface area contributed by atoms with Gasteiger partial charge in [0.2, 0.25) is 5.91 Å². The quantitative estimate of drug-likeness (QED) is 0.663. The average molecular weight is 378 g/mol. The number of carbonyl (C=O) groups excluding carboxylic acids is 1. The van der Waals surface area contributed by atoms with Gasteiger partial charge < -0.3 is 15.0 Å². The normalized spacial score (nSPS) is 15.0. The molecular weight excluding hydrogens is 352 g/mol. The molecule has 4 rings (SSSR count). The molecule has 1 aliphatic rings. The number of nitrogens with one attached hydrogen (secondary N) is 2. The molecule has 3 aromatic rings. The van der Waals surface area contributed by atoms with Gasteiger partial charge in [0, 0.05) is 39.0 Å². The van der Waals surface area contributed by atoms with Crippen molar-refractivity contribution in [3.63, 3.8) is 0 Å². The Hall–Kier alpha value is -2.70. The van der Waals surface area contributed by atoms with Crippen molar-refractivity contribution in [1.29, 1.82) is 0 Å². The number of carbonyl (C=O) groups is 1. The van der Waals surface area contributed by atoms with E-state index in [-0.39, 0.29) is 5.91 Å². The van der Waals surface area contributed by atoms with Crippen molar-refractivity contribution in [2.75, 3.05) is 26.3 Å². The molecule has 0 unspecified atom stereocenters. The number of amides is 1. The molecular formula is C22H26N4O2. The molecule has 2 N–H and O–H groups in total. The minimum absolute atomic E-state index is 0.0432. The Kier molecular flexibility index (Phi) is 5.99. The number of nitrogens with zero attached hydrogens (tertiary/aromatic N) is 2. The summed E-state index contributed by atoms with van der Waals surface area (Å²) < 4.78 is 5.42. The van der Waals surface area contributed by atoms with E-state index in [0.717, 1.165) is 49.7 Å². The molecule has 0 bridgehead atoms. The summed E-state index contributed by atoms with van der Waals surface area (Å²) in [6.45, 7) is 4.95. The Labute approximate surface area is 164 Å². The van der Waals surface area contributed by atoms with Gasteiger partial charge in [-0.15, -0.1) is 0 Å². The highest BCUT2D eigenvalue weighted by Gasteiger charge is 2.13. The third-order valence-electron chi connectivity index (χ3n) is 5.12. The molecule has 146 valence electrons. The maximum atomic E-state index is 12.3. The summed E-state index contributed by atoms with van der Waals surface area (Å²) in [5, 5.41) is 3.06. The molecule has 2 heterocycles. The number of aromatic nitrogens is 2. The topological polar surface area (TPSA) is 70.2 Å². The molecule has 1 amide bonds. The summed E-state index contributed by atoms with van der Waals surface area (Å²) >= 11 is 0. The zero-order valence-electron chi connectivity index (χ0n) is 16.0. The molecule has 6 heteroatoms. The standard InChI is InChI=1S/C22H26N4O2/c27-22(10-9-21-24-19-7-3-4-8-20(19)25-21)23-15-17-5-1-2-6-18(17)16-26-11-13-28-14-12-26/h1-8H,9-16H2,(H,23,27)(H,24,25). The predicted octanol–water partition coefficient (Wildman–Crippen LogP) is 2.64. The van der Waals surface area contributed by atoms with E-state index < -0.39 is 0 Å². The summed E-state index contributed by atoms with van der Waals surface area (Å²) in [5.74, 6) is 0.894. The lowest BCUT2D eigenvalue weighted by molar-refractivity contribution is -0.121. The number of rotatable bonds is 7. The van der Waals surface area contributed by atoms with E-state index in [1.807, 2.05) is 30.3 Å². The number of imidazole rings is 1. The van der Waals surface area contributed by atoms with Gasteiger partial charge in [0.15, 0.2) is 0 Å². The van der Waals surface area contributed by atoms with Crippen LogP contribution in [-0.4, -0.2) is 47.1 Å². The fourth-order valence-electron chi connectivity index (χ4n) is 3.52. The van der Waals surface area contributed by atoms with E-state index in [1.165, 1.54) is 11.1 Å². The van der Waals surface area contributed by atoms with Gasteiger partial charge in [-0.25, -0.2) is 4.98 Å². The molecule has 0 radical (unpaired) electrons. The largest absolute Gasteiger partial charge is 0.379 e. The lowest BCUT2D eigenvalue weighted by Crippen LogP contribution is -2.36. The lowest BCUT2D eigenvalue weighted by atomic mass is 10.1. The number of aryl methyl sites for hydroxylation is 1. The summed E-state index contributed by atoms with van der Waals surface area (Å²) in [4.78, 5) is 22.5. The molecule has 1 saturated heterocycles. The maximum Gasteiger partial charge on any atom is 0.220 e. The Bertz CT molecular complexity index is 898. The van der Waals surface area contributed by atoms with Crippen LogP contribution in [0, 0.1) is 0 Å². The van der Waals surface area contributed by atoms with Gasteiger partial charge in [0.1, 0.15) is 5.82 Å². The van der Waals surface area contributed by atoms with Crippen LogP contribution in [0.5, 0.6) is 0 Å². The zero-order valence-corrected chi connectivity index (χ0v) is 16.0. The first-order chi connectivity index (χ1) is 13.8. The highest BCUT2D eigenvalue weighted by Crippen LogP contribution is 2.14. The van der Waals surface area contributed by atoms with Crippen LogP contribution in [0.2, 0.25) is 0 Å². The number of aromatic amines is 1. The monoisotopic (exact) mass is 378 g/mol. The van der Waals surface area contributed by atoms with Crippen LogP contribution in [0.25, 0.3) is 11.0 Å². The van der Waals surface area contributed by atoms with Gasteiger partial charge in [-0.05, 0) is 23.3 Å².